The van der Waals surface area contributed by atoms with Crippen molar-refractivity contribution in [1.82, 2.24) is 9.97 Å². The van der Waals surface area contributed by atoms with Crippen LogP contribution in [0, 0.1) is 0 Å². The fourth-order valence-corrected chi connectivity index (χ4v) is 0.923. The van der Waals surface area contributed by atoms with Crippen LogP contribution in [0.1, 0.15) is 0 Å². The molecule has 0 saturated carbocycles. The Morgan fingerprint density at radius 3 is 2.40 bits per heavy atom. The van der Waals surface area contributed by atoms with E-state index in [2.05, 4.69) is 14.3 Å². The van der Waals surface area contributed by atoms with Gasteiger partial charge in [-0.3, -0.25) is 0 Å². The van der Waals surface area contributed by atoms with Gasteiger partial charge in [0, 0.05) is 12.4 Å². The van der Waals surface area contributed by atoms with E-state index in [1.54, 1.807) is 18.5 Å². The van der Waals surface area contributed by atoms with Crippen LogP contribution < -0.4 is 0 Å². The van der Waals surface area contributed by atoms with Crippen molar-refractivity contribution in [2.45, 2.75) is 0 Å². The summed E-state index contributed by atoms with van der Waals surface area (Å²) in [5.41, 5.74) is 0. The molecule has 0 saturated heterocycles. The van der Waals surface area contributed by atoms with Crippen LogP contribution in [-0.4, -0.2) is 22.5 Å². The van der Waals surface area contributed by atoms with Gasteiger partial charge in [-0.25, -0.2) is 9.97 Å². The van der Waals surface area contributed by atoms with Gasteiger partial charge in [0.1, 0.15) is 0 Å². The van der Waals surface area contributed by atoms with Crippen molar-refractivity contribution in [3.63, 3.8) is 0 Å². The van der Waals surface area contributed by atoms with E-state index < -0.39 is 0 Å². The van der Waals surface area contributed by atoms with Gasteiger partial charge in [-0.15, -0.1) is 0 Å². The van der Waals surface area contributed by atoms with Crippen LogP contribution in [0.5, 0.6) is 0 Å². The predicted octanol–water partition coefficient (Wildman–Crippen LogP) is 1.17. The number of hydrogen-bond acceptors (Lipinski definition) is 3. The summed E-state index contributed by atoms with van der Waals surface area (Å²) in [4.78, 5) is 7.90. The Labute approximate surface area is 62.6 Å². The molecule has 1 aromatic heterocycles. The highest BCUT2D eigenvalue weighted by molar-refractivity contribution is 7.85. The molecular weight excluding hydrogens is 146 g/mol. The highest BCUT2D eigenvalue weighted by atomic mass is 32.2. The lowest BCUT2D eigenvalue weighted by Gasteiger charge is -1.90. The Morgan fingerprint density at radius 2 is 1.90 bits per heavy atom. The van der Waals surface area contributed by atoms with Crippen molar-refractivity contribution in [1.29, 1.82) is 0 Å². The van der Waals surface area contributed by atoms with Crippen molar-refractivity contribution >= 4 is 16.6 Å². The molecular formula is C6H9N3S. The molecule has 3 nitrogen and oxygen atoms in total. The maximum atomic E-state index is 4.16. The van der Waals surface area contributed by atoms with Crippen LogP contribution in [0.2, 0.25) is 0 Å². The van der Waals surface area contributed by atoms with Gasteiger partial charge in [-0.2, -0.15) is 4.36 Å². The van der Waals surface area contributed by atoms with Gasteiger partial charge in [0.05, 0.1) is 0 Å². The van der Waals surface area contributed by atoms with E-state index in [0.717, 1.165) is 0 Å². The van der Waals surface area contributed by atoms with Gasteiger partial charge in [-0.1, -0.05) is 10.7 Å². The maximum absolute atomic E-state index is 4.16. The maximum Gasteiger partial charge on any atom is 0.255 e. The zero-order chi connectivity index (χ0) is 7.40. The lowest BCUT2D eigenvalue weighted by atomic mass is 10.7. The quantitative estimate of drug-likeness (QED) is 0.610. The Balaban J connectivity index is 2.87. The van der Waals surface area contributed by atoms with E-state index in [9.17, 15) is 0 Å². The zero-order valence-corrected chi connectivity index (χ0v) is 6.80. The van der Waals surface area contributed by atoms with Crippen LogP contribution in [0.4, 0.5) is 5.95 Å². The van der Waals surface area contributed by atoms with Crippen LogP contribution in [0.25, 0.3) is 0 Å². The second kappa shape index (κ2) is 3.41. The predicted molar refractivity (Wildman–Crippen MR) is 43.3 cm³/mol. The molecule has 0 radical (unpaired) electrons. The van der Waals surface area contributed by atoms with Crippen LogP contribution >= 0.6 is 0 Å². The molecule has 54 valence electrons. The van der Waals surface area contributed by atoms with Gasteiger partial charge in [0.15, 0.2) is 0 Å². The molecule has 0 unspecified atom stereocenters. The average molecular weight is 155 g/mol. The molecule has 0 aliphatic rings. The summed E-state index contributed by atoms with van der Waals surface area (Å²) in [7, 11) is 0.0335. The fourth-order valence-electron chi connectivity index (χ4n) is 0.502. The largest absolute Gasteiger partial charge is 0.255 e. The number of aromatic nitrogens is 2. The van der Waals surface area contributed by atoms with E-state index in [-0.39, 0.29) is 10.7 Å². The summed E-state index contributed by atoms with van der Waals surface area (Å²) in [6.45, 7) is 0. The van der Waals surface area contributed by atoms with Crippen LogP contribution in [0.15, 0.2) is 22.8 Å². The monoisotopic (exact) mass is 155 g/mol. The third-order valence-electron chi connectivity index (χ3n) is 0.816. The SMILES string of the molecule is CS(C)=Nc1ncccn1. The molecule has 0 aliphatic carbocycles. The molecule has 0 aromatic carbocycles. The van der Waals surface area contributed by atoms with Crippen molar-refractivity contribution < 1.29 is 0 Å². The lowest BCUT2D eigenvalue weighted by molar-refractivity contribution is 1.15. The molecule has 1 rings (SSSR count). The second-order valence-electron chi connectivity index (χ2n) is 1.91. The van der Waals surface area contributed by atoms with E-state index in [1.165, 1.54) is 0 Å². The molecule has 0 N–H and O–H groups in total. The first kappa shape index (κ1) is 7.34. The molecule has 10 heavy (non-hydrogen) atoms. The van der Waals surface area contributed by atoms with Crippen LogP contribution in [0.3, 0.4) is 0 Å². The molecule has 0 amide bonds. The molecule has 1 aromatic rings. The smallest absolute Gasteiger partial charge is 0.219 e. The van der Waals surface area contributed by atoms with E-state index in [1.807, 2.05) is 12.5 Å². The van der Waals surface area contributed by atoms with Crippen molar-refractivity contribution in [3.05, 3.63) is 18.5 Å². The summed E-state index contributed by atoms with van der Waals surface area (Å²) in [5.74, 6) is 0.579. The minimum Gasteiger partial charge on any atom is -0.219 e. The summed E-state index contributed by atoms with van der Waals surface area (Å²) in [5, 5.41) is 0. The van der Waals surface area contributed by atoms with E-state index in [4.69, 9.17) is 0 Å². The first-order valence-corrected chi connectivity index (χ1v) is 4.85. The topological polar surface area (TPSA) is 38.1 Å². The number of hydrogen-bond donors (Lipinski definition) is 0. The Kier molecular flexibility index (Phi) is 2.50. The molecule has 4 heteroatoms. The van der Waals surface area contributed by atoms with Crippen molar-refractivity contribution in [2.24, 2.45) is 4.36 Å². The van der Waals surface area contributed by atoms with Crippen LogP contribution in [-0.2, 0) is 10.7 Å². The third-order valence-corrected chi connectivity index (χ3v) is 1.34. The molecule has 0 bridgehead atoms. The van der Waals surface area contributed by atoms with E-state index >= 15 is 0 Å². The first-order chi connectivity index (χ1) is 4.79. The Morgan fingerprint density at radius 1 is 1.30 bits per heavy atom. The van der Waals surface area contributed by atoms with Gasteiger partial charge >= 0.3 is 0 Å². The summed E-state index contributed by atoms with van der Waals surface area (Å²) < 4.78 is 4.16. The van der Waals surface area contributed by atoms with Gasteiger partial charge in [0.25, 0.3) is 5.95 Å². The molecule has 0 atom stereocenters. The third kappa shape index (κ3) is 2.23. The summed E-state index contributed by atoms with van der Waals surface area (Å²) >= 11 is 0. The Bertz CT molecular complexity index is 228. The standard InChI is InChI=1S/C6H9N3S/c1-10(2)9-6-7-4-3-5-8-6/h3-5H,1-2H3. The lowest BCUT2D eigenvalue weighted by Crippen LogP contribution is -1.81. The normalized spacial score (nSPS) is 9.90. The van der Waals surface area contributed by atoms with Crippen molar-refractivity contribution in [2.75, 3.05) is 12.5 Å². The first-order valence-electron chi connectivity index (χ1n) is 2.85. The fraction of sp³-hybridized carbons (Fsp3) is 0.333. The average Bonchev–Trinajstić information content (AvgIpc) is 1.88. The molecule has 0 aliphatic heterocycles. The Hall–Kier alpha value is -0.770. The highest BCUT2D eigenvalue weighted by Crippen LogP contribution is 1.99. The van der Waals surface area contributed by atoms with Crippen molar-refractivity contribution in [3.8, 4) is 0 Å². The summed E-state index contributed by atoms with van der Waals surface area (Å²) in [6, 6.07) is 1.78. The number of nitrogens with zero attached hydrogens (tertiary/aromatic N) is 3. The minimum absolute atomic E-state index is 0.0335. The van der Waals surface area contributed by atoms with Gasteiger partial charge in [-0.05, 0) is 18.6 Å². The molecule has 0 fully saturated rings. The molecule has 0 spiro atoms. The van der Waals surface area contributed by atoms with E-state index in [0.29, 0.717) is 5.95 Å². The minimum atomic E-state index is 0.0335. The second-order valence-corrected chi connectivity index (χ2v) is 3.64. The summed E-state index contributed by atoms with van der Waals surface area (Å²) in [6.07, 6.45) is 7.43. The number of rotatable bonds is 1. The zero-order valence-electron chi connectivity index (χ0n) is 5.98. The van der Waals surface area contributed by atoms with Gasteiger partial charge in [0.2, 0.25) is 0 Å². The molecule has 1 heterocycles. The van der Waals surface area contributed by atoms with Gasteiger partial charge < -0.3 is 0 Å². The highest BCUT2D eigenvalue weighted by Gasteiger charge is 1.85.